The molecule has 0 bridgehead atoms. The lowest BCUT2D eigenvalue weighted by Gasteiger charge is -2.22. The number of aromatic nitrogens is 1. The van der Waals surface area contributed by atoms with Crippen molar-refractivity contribution in [3.63, 3.8) is 0 Å². The van der Waals surface area contributed by atoms with E-state index in [4.69, 9.17) is 4.42 Å². The van der Waals surface area contributed by atoms with Gasteiger partial charge in [0.1, 0.15) is 11.6 Å². The van der Waals surface area contributed by atoms with Crippen LogP contribution in [-0.2, 0) is 11.3 Å². The molecule has 3 unspecified atom stereocenters. The van der Waals surface area contributed by atoms with Gasteiger partial charge in [0.05, 0.1) is 6.54 Å². The summed E-state index contributed by atoms with van der Waals surface area (Å²) in [6.45, 7) is 1.33. The zero-order valence-electron chi connectivity index (χ0n) is 11.7. The number of likely N-dealkylation sites (tertiary alicyclic amines) is 1. The van der Waals surface area contributed by atoms with Crippen molar-refractivity contribution >= 4 is 17.1 Å². The van der Waals surface area contributed by atoms with Gasteiger partial charge in [-0.25, -0.2) is 4.98 Å². The number of rotatable bonds is 3. The first-order valence-electron chi connectivity index (χ1n) is 7.53. The maximum Gasteiger partial charge on any atom is 0.321 e. The number of hydrogen-bond acceptors (Lipinski definition) is 4. The molecule has 1 aliphatic heterocycles. The maximum atomic E-state index is 11.6. The third kappa shape index (κ3) is 2.12. The molecule has 4 rings (SSSR count). The van der Waals surface area contributed by atoms with E-state index in [1.165, 1.54) is 0 Å². The summed E-state index contributed by atoms with van der Waals surface area (Å²) in [5.74, 6) is 0.727. The van der Waals surface area contributed by atoms with Crippen LogP contribution < -0.4 is 0 Å². The number of benzene rings is 1. The van der Waals surface area contributed by atoms with Crippen LogP contribution in [0.3, 0.4) is 0 Å². The molecule has 5 nitrogen and oxygen atoms in total. The average Bonchev–Trinajstić information content (AvgIpc) is 3.10. The predicted octanol–water partition coefficient (Wildman–Crippen LogP) is 2.51. The normalized spacial score (nSPS) is 29.0. The number of fused-ring (bicyclic) bond motifs is 2. The van der Waals surface area contributed by atoms with E-state index in [0.29, 0.717) is 24.3 Å². The Morgan fingerprint density at radius 3 is 3.05 bits per heavy atom. The molecule has 2 aliphatic rings. The van der Waals surface area contributed by atoms with Gasteiger partial charge in [-0.05, 0) is 36.8 Å². The van der Waals surface area contributed by atoms with Crippen molar-refractivity contribution in [2.45, 2.75) is 31.8 Å². The highest BCUT2D eigenvalue weighted by Gasteiger charge is 2.47. The number of oxazole rings is 1. The number of carbonyl (C=O) groups is 1. The van der Waals surface area contributed by atoms with Gasteiger partial charge < -0.3 is 9.52 Å². The second-order valence-corrected chi connectivity index (χ2v) is 6.14. The summed E-state index contributed by atoms with van der Waals surface area (Å²) in [4.78, 5) is 18.1. The van der Waals surface area contributed by atoms with E-state index in [9.17, 15) is 9.90 Å². The minimum absolute atomic E-state index is 0.298. The van der Waals surface area contributed by atoms with E-state index in [2.05, 4.69) is 4.98 Å². The molecule has 2 fully saturated rings. The van der Waals surface area contributed by atoms with Crippen molar-refractivity contribution in [2.24, 2.45) is 11.8 Å². The molecule has 1 aromatic carbocycles. The van der Waals surface area contributed by atoms with Crippen LogP contribution >= 0.6 is 0 Å². The van der Waals surface area contributed by atoms with Gasteiger partial charge >= 0.3 is 5.97 Å². The van der Waals surface area contributed by atoms with Crippen LogP contribution in [0.4, 0.5) is 0 Å². The number of hydrogen-bond donors (Lipinski definition) is 1. The maximum absolute atomic E-state index is 11.6. The Bertz CT molecular complexity index is 648. The number of para-hydroxylation sites is 2. The number of carboxylic acids is 1. The molecule has 1 aliphatic carbocycles. The minimum atomic E-state index is -0.708. The molecule has 1 aromatic heterocycles. The Hall–Kier alpha value is -1.88. The van der Waals surface area contributed by atoms with Crippen molar-refractivity contribution < 1.29 is 14.3 Å². The summed E-state index contributed by atoms with van der Waals surface area (Å²) in [6, 6.07) is 7.26. The summed E-state index contributed by atoms with van der Waals surface area (Å²) in [5, 5.41) is 9.56. The first-order chi connectivity index (χ1) is 10.2. The number of carboxylic acid groups (broad SMARTS) is 1. The highest BCUT2D eigenvalue weighted by Crippen LogP contribution is 2.42. The van der Waals surface area contributed by atoms with Gasteiger partial charge in [0.15, 0.2) is 5.58 Å². The fraction of sp³-hybridized carbons (Fsp3) is 0.500. The second-order valence-electron chi connectivity index (χ2n) is 6.14. The number of aliphatic carboxylic acids is 1. The van der Waals surface area contributed by atoms with Crippen molar-refractivity contribution in [1.29, 1.82) is 0 Å². The van der Waals surface area contributed by atoms with Gasteiger partial charge in [-0.2, -0.15) is 0 Å². The Morgan fingerprint density at radius 2 is 2.24 bits per heavy atom. The quantitative estimate of drug-likeness (QED) is 0.939. The van der Waals surface area contributed by atoms with E-state index in [-0.39, 0.29) is 6.04 Å². The molecule has 5 heteroatoms. The molecule has 3 atom stereocenters. The molecule has 1 N–H and O–H groups in total. The van der Waals surface area contributed by atoms with Gasteiger partial charge in [0.2, 0.25) is 5.89 Å². The summed E-state index contributed by atoms with van der Waals surface area (Å²) in [7, 11) is 0. The van der Waals surface area contributed by atoms with Gasteiger partial charge in [0.25, 0.3) is 0 Å². The lowest BCUT2D eigenvalue weighted by atomic mass is 9.94. The molecular weight excluding hydrogens is 268 g/mol. The topological polar surface area (TPSA) is 66.6 Å². The third-order valence-corrected chi connectivity index (χ3v) is 4.92. The van der Waals surface area contributed by atoms with Crippen molar-refractivity contribution in [3.8, 4) is 0 Å². The molecule has 2 aromatic rings. The third-order valence-electron chi connectivity index (χ3n) is 4.92. The van der Waals surface area contributed by atoms with Crippen molar-refractivity contribution in [1.82, 2.24) is 9.88 Å². The molecule has 21 heavy (non-hydrogen) atoms. The zero-order valence-corrected chi connectivity index (χ0v) is 11.7. The smallest absolute Gasteiger partial charge is 0.321 e. The van der Waals surface area contributed by atoms with E-state index >= 15 is 0 Å². The van der Waals surface area contributed by atoms with Gasteiger partial charge in [-0.3, -0.25) is 9.69 Å². The second kappa shape index (κ2) is 4.84. The fourth-order valence-corrected chi connectivity index (χ4v) is 4.06. The van der Waals surface area contributed by atoms with Crippen LogP contribution in [-0.4, -0.2) is 33.5 Å². The molecule has 0 amide bonds. The summed E-state index contributed by atoms with van der Waals surface area (Å²) in [6.07, 6.45) is 3.35. The molecule has 0 spiro atoms. The molecule has 1 saturated heterocycles. The largest absolute Gasteiger partial charge is 0.480 e. The highest BCUT2D eigenvalue weighted by molar-refractivity contribution is 5.75. The molecular formula is C16H18N2O3. The van der Waals surface area contributed by atoms with E-state index in [1.54, 1.807) is 0 Å². The Labute approximate surface area is 122 Å². The lowest BCUT2D eigenvalue weighted by Crippen LogP contribution is -2.39. The van der Waals surface area contributed by atoms with E-state index in [0.717, 1.165) is 36.9 Å². The highest BCUT2D eigenvalue weighted by atomic mass is 16.4. The van der Waals surface area contributed by atoms with Gasteiger partial charge in [0, 0.05) is 6.54 Å². The number of nitrogens with zero attached hydrogens (tertiary/aromatic N) is 2. The fourth-order valence-electron chi connectivity index (χ4n) is 4.06. The van der Waals surface area contributed by atoms with Crippen molar-refractivity contribution in [2.75, 3.05) is 6.54 Å². The van der Waals surface area contributed by atoms with Crippen LogP contribution in [0, 0.1) is 11.8 Å². The Kier molecular flexibility index (Phi) is 2.96. The molecule has 2 heterocycles. The standard InChI is InChI=1S/C16H18N2O3/c19-16(20)15-11-5-3-4-10(11)8-18(15)9-14-17-12-6-1-2-7-13(12)21-14/h1-2,6-7,10-11,15H,3-5,8-9H2,(H,19,20). The molecule has 1 saturated carbocycles. The van der Waals surface area contributed by atoms with Crippen LogP contribution in [0.25, 0.3) is 11.1 Å². The Balaban J connectivity index is 1.59. The predicted molar refractivity (Wildman–Crippen MR) is 76.7 cm³/mol. The summed E-state index contributed by atoms with van der Waals surface area (Å²) in [5.41, 5.74) is 1.59. The first kappa shape index (κ1) is 12.8. The van der Waals surface area contributed by atoms with E-state index in [1.807, 2.05) is 29.2 Å². The summed E-state index contributed by atoms with van der Waals surface area (Å²) < 4.78 is 5.73. The average molecular weight is 286 g/mol. The first-order valence-corrected chi connectivity index (χ1v) is 7.53. The zero-order chi connectivity index (χ0) is 14.4. The SMILES string of the molecule is O=C(O)C1C2CCCC2CN1Cc1nc2ccccc2o1. The summed E-state index contributed by atoms with van der Waals surface area (Å²) >= 11 is 0. The van der Waals surface area contributed by atoms with Crippen LogP contribution in [0.15, 0.2) is 28.7 Å². The Morgan fingerprint density at radius 1 is 1.38 bits per heavy atom. The monoisotopic (exact) mass is 286 g/mol. The molecule has 110 valence electrons. The van der Waals surface area contributed by atoms with Crippen LogP contribution in [0.5, 0.6) is 0 Å². The molecule has 0 radical (unpaired) electrons. The lowest BCUT2D eigenvalue weighted by molar-refractivity contribution is -0.143. The van der Waals surface area contributed by atoms with Crippen LogP contribution in [0.1, 0.15) is 25.2 Å². The van der Waals surface area contributed by atoms with Crippen LogP contribution in [0.2, 0.25) is 0 Å². The minimum Gasteiger partial charge on any atom is -0.480 e. The van der Waals surface area contributed by atoms with Gasteiger partial charge in [-0.15, -0.1) is 0 Å². The van der Waals surface area contributed by atoms with E-state index < -0.39 is 5.97 Å². The van der Waals surface area contributed by atoms with Gasteiger partial charge in [-0.1, -0.05) is 18.6 Å². The van der Waals surface area contributed by atoms with Crippen molar-refractivity contribution in [3.05, 3.63) is 30.2 Å².